The number of aromatic nitrogens is 2. The number of hydrogen-bond donors (Lipinski definition) is 1. The standard InChI is InChI=1S/C25H31N5O/c1-28-10-12-29(13-11-28)20-4-2-19(3-5-20)24-21-18-23(27-22(21)6-9-26-24)25(7-8-25)30-14-16-31-17-15-30/h2-6,9,18,27H,7-8,10-17H2,1H3. The highest BCUT2D eigenvalue weighted by molar-refractivity contribution is 5.93. The molecule has 162 valence electrons. The summed E-state index contributed by atoms with van der Waals surface area (Å²) in [6.45, 7) is 8.16. The van der Waals surface area contributed by atoms with Crippen LogP contribution < -0.4 is 4.90 Å². The molecular formula is C25H31N5O. The number of nitrogens with zero attached hydrogens (tertiary/aromatic N) is 4. The zero-order valence-corrected chi connectivity index (χ0v) is 18.3. The van der Waals surface area contributed by atoms with Gasteiger partial charge in [0.15, 0.2) is 0 Å². The molecule has 2 aliphatic heterocycles. The fourth-order valence-corrected chi connectivity index (χ4v) is 5.30. The van der Waals surface area contributed by atoms with Crippen LogP contribution in [0.1, 0.15) is 18.5 Å². The van der Waals surface area contributed by atoms with Crippen molar-refractivity contribution in [1.82, 2.24) is 19.8 Å². The highest BCUT2D eigenvalue weighted by atomic mass is 16.5. The first-order valence-corrected chi connectivity index (χ1v) is 11.6. The third-order valence-electron chi connectivity index (χ3n) is 7.40. The summed E-state index contributed by atoms with van der Waals surface area (Å²) in [5, 5.41) is 1.23. The molecule has 0 radical (unpaired) electrons. The van der Waals surface area contributed by atoms with Crippen molar-refractivity contribution in [2.45, 2.75) is 18.4 Å². The predicted octanol–water partition coefficient (Wildman–Crippen LogP) is 3.30. The molecule has 31 heavy (non-hydrogen) atoms. The van der Waals surface area contributed by atoms with Gasteiger partial charge in [0.05, 0.1) is 24.4 Å². The Hall–Kier alpha value is -2.41. The third-order valence-corrected chi connectivity index (χ3v) is 7.40. The van der Waals surface area contributed by atoms with Gasteiger partial charge < -0.3 is 19.5 Å². The van der Waals surface area contributed by atoms with E-state index in [1.54, 1.807) is 0 Å². The zero-order chi connectivity index (χ0) is 20.8. The van der Waals surface area contributed by atoms with Crippen molar-refractivity contribution in [3.8, 4) is 11.3 Å². The van der Waals surface area contributed by atoms with Crippen molar-refractivity contribution < 1.29 is 4.74 Å². The van der Waals surface area contributed by atoms with Crippen LogP contribution in [0.4, 0.5) is 5.69 Å². The average molecular weight is 418 g/mol. The first kappa shape index (κ1) is 19.3. The first-order valence-electron chi connectivity index (χ1n) is 11.6. The summed E-state index contributed by atoms with van der Waals surface area (Å²) in [5.74, 6) is 0. The Morgan fingerprint density at radius 3 is 2.39 bits per heavy atom. The number of piperazine rings is 1. The SMILES string of the molecule is CN1CCN(c2ccc(-c3nccc4[nH]c(C5(N6CCOCC6)CC5)cc34)cc2)CC1. The van der Waals surface area contributed by atoms with E-state index < -0.39 is 0 Å². The minimum Gasteiger partial charge on any atom is -0.379 e. The lowest BCUT2D eigenvalue weighted by molar-refractivity contribution is 0.00751. The molecule has 1 aromatic carbocycles. The van der Waals surface area contributed by atoms with Crippen molar-refractivity contribution >= 4 is 16.6 Å². The van der Waals surface area contributed by atoms with Crippen LogP contribution in [0.25, 0.3) is 22.2 Å². The number of H-pyrrole nitrogens is 1. The van der Waals surface area contributed by atoms with Gasteiger partial charge in [-0.15, -0.1) is 0 Å². The Kier molecular flexibility index (Phi) is 4.74. The highest BCUT2D eigenvalue weighted by Gasteiger charge is 2.50. The van der Waals surface area contributed by atoms with Crippen molar-refractivity contribution in [1.29, 1.82) is 0 Å². The molecule has 0 bridgehead atoms. The maximum absolute atomic E-state index is 5.59. The fourth-order valence-electron chi connectivity index (χ4n) is 5.30. The molecule has 3 aromatic rings. The van der Waals surface area contributed by atoms with E-state index in [-0.39, 0.29) is 5.54 Å². The van der Waals surface area contributed by atoms with E-state index >= 15 is 0 Å². The predicted molar refractivity (Wildman–Crippen MR) is 125 cm³/mol. The fraction of sp³-hybridized carbons (Fsp3) is 0.480. The second kappa shape index (κ2) is 7.62. The molecule has 0 unspecified atom stereocenters. The summed E-state index contributed by atoms with van der Waals surface area (Å²) in [6.07, 6.45) is 4.38. The molecule has 1 N–H and O–H groups in total. The molecule has 2 aromatic heterocycles. The maximum atomic E-state index is 5.59. The maximum Gasteiger partial charge on any atom is 0.0795 e. The lowest BCUT2D eigenvalue weighted by Crippen LogP contribution is -2.44. The van der Waals surface area contributed by atoms with Crippen LogP contribution in [0.2, 0.25) is 0 Å². The van der Waals surface area contributed by atoms with Crippen LogP contribution in [-0.4, -0.2) is 79.3 Å². The molecule has 0 atom stereocenters. The summed E-state index contributed by atoms with van der Waals surface area (Å²) in [6, 6.07) is 13.4. The molecule has 6 nitrogen and oxygen atoms in total. The van der Waals surface area contributed by atoms with E-state index in [9.17, 15) is 0 Å². The van der Waals surface area contributed by atoms with Crippen molar-refractivity contribution in [3.63, 3.8) is 0 Å². The second-order valence-corrected chi connectivity index (χ2v) is 9.27. The minimum atomic E-state index is 0.172. The summed E-state index contributed by atoms with van der Waals surface area (Å²) < 4.78 is 5.59. The summed E-state index contributed by atoms with van der Waals surface area (Å²) >= 11 is 0. The number of rotatable bonds is 4. The largest absolute Gasteiger partial charge is 0.379 e. The molecule has 2 saturated heterocycles. The van der Waals surface area contributed by atoms with Gasteiger partial charge in [0.2, 0.25) is 0 Å². The number of morpholine rings is 1. The molecular weight excluding hydrogens is 386 g/mol. The van der Waals surface area contributed by atoms with Gasteiger partial charge in [-0.1, -0.05) is 12.1 Å². The number of hydrogen-bond acceptors (Lipinski definition) is 5. The minimum absolute atomic E-state index is 0.172. The number of likely N-dealkylation sites (N-methyl/N-ethyl adjacent to an activating group) is 1. The van der Waals surface area contributed by atoms with Crippen LogP contribution in [0.3, 0.4) is 0 Å². The van der Waals surface area contributed by atoms with Gasteiger partial charge in [0.25, 0.3) is 0 Å². The normalized spacial score (nSPS) is 22.2. The van der Waals surface area contributed by atoms with Gasteiger partial charge in [-0.05, 0) is 44.2 Å². The molecule has 4 heterocycles. The first-order chi connectivity index (χ1) is 15.2. The van der Waals surface area contributed by atoms with E-state index in [1.807, 2.05) is 6.20 Å². The molecule has 6 rings (SSSR count). The van der Waals surface area contributed by atoms with Crippen LogP contribution in [-0.2, 0) is 10.3 Å². The van der Waals surface area contributed by atoms with E-state index in [1.165, 1.54) is 40.7 Å². The molecule has 0 spiro atoms. The molecule has 0 amide bonds. The van der Waals surface area contributed by atoms with E-state index in [0.29, 0.717) is 0 Å². The molecule has 3 fully saturated rings. The van der Waals surface area contributed by atoms with Gasteiger partial charge in [0.1, 0.15) is 0 Å². The Labute approximate surface area is 183 Å². The number of ether oxygens (including phenoxy) is 1. The number of anilines is 1. The van der Waals surface area contributed by atoms with Gasteiger partial charge >= 0.3 is 0 Å². The quantitative estimate of drug-likeness (QED) is 0.706. The van der Waals surface area contributed by atoms with E-state index in [0.717, 1.165) is 58.2 Å². The van der Waals surface area contributed by atoms with E-state index in [4.69, 9.17) is 9.72 Å². The van der Waals surface area contributed by atoms with Crippen LogP contribution in [0.5, 0.6) is 0 Å². The van der Waals surface area contributed by atoms with Crippen molar-refractivity contribution in [2.24, 2.45) is 0 Å². The Bertz CT molecular complexity index is 1060. The Balaban J connectivity index is 1.30. The molecule has 3 aliphatic rings. The van der Waals surface area contributed by atoms with E-state index in [2.05, 4.69) is 63.1 Å². The zero-order valence-electron chi connectivity index (χ0n) is 18.3. The number of benzene rings is 1. The lowest BCUT2D eigenvalue weighted by atomic mass is 10.1. The van der Waals surface area contributed by atoms with Crippen molar-refractivity contribution in [3.05, 3.63) is 48.3 Å². The monoisotopic (exact) mass is 417 g/mol. The van der Waals surface area contributed by atoms with Gasteiger partial charge in [-0.25, -0.2) is 0 Å². The lowest BCUT2D eigenvalue weighted by Gasteiger charge is -2.34. The van der Waals surface area contributed by atoms with Crippen LogP contribution in [0.15, 0.2) is 42.6 Å². The number of nitrogens with one attached hydrogen (secondary N) is 1. The van der Waals surface area contributed by atoms with Crippen molar-refractivity contribution in [2.75, 3.05) is 64.4 Å². The third kappa shape index (κ3) is 3.43. The van der Waals surface area contributed by atoms with Gasteiger partial charge in [-0.3, -0.25) is 9.88 Å². The number of pyridine rings is 1. The number of aromatic amines is 1. The average Bonchev–Trinajstić information content (AvgIpc) is 3.52. The van der Waals surface area contributed by atoms with Crippen LogP contribution in [0, 0.1) is 0 Å². The molecule has 1 saturated carbocycles. The smallest absolute Gasteiger partial charge is 0.0795 e. The van der Waals surface area contributed by atoms with Crippen LogP contribution >= 0.6 is 0 Å². The summed E-state index contributed by atoms with van der Waals surface area (Å²) in [4.78, 5) is 16.0. The van der Waals surface area contributed by atoms with Gasteiger partial charge in [0, 0.05) is 73.3 Å². The second-order valence-electron chi connectivity index (χ2n) is 9.27. The summed E-state index contributed by atoms with van der Waals surface area (Å²) in [7, 11) is 2.20. The molecule has 1 aliphatic carbocycles. The Morgan fingerprint density at radius 1 is 0.935 bits per heavy atom. The molecule has 6 heteroatoms. The number of fused-ring (bicyclic) bond motifs is 1. The topological polar surface area (TPSA) is 47.6 Å². The van der Waals surface area contributed by atoms with Gasteiger partial charge in [-0.2, -0.15) is 0 Å². The summed E-state index contributed by atoms with van der Waals surface area (Å²) in [5.41, 5.74) is 6.26. The highest BCUT2D eigenvalue weighted by Crippen LogP contribution is 2.51. The Morgan fingerprint density at radius 2 is 1.68 bits per heavy atom.